The number of esters is 1. The number of halogens is 2. The number of fused-ring (bicyclic) bond motifs is 1. The van der Waals surface area contributed by atoms with Gasteiger partial charge in [0.2, 0.25) is 0 Å². The molecule has 1 aliphatic rings. The van der Waals surface area contributed by atoms with Gasteiger partial charge in [-0.05, 0) is 68.3 Å². The van der Waals surface area contributed by atoms with Gasteiger partial charge in [0.1, 0.15) is 18.4 Å². The molecular weight excluding hydrogens is 719 g/mol. The van der Waals surface area contributed by atoms with E-state index in [-0.39, 0.29) is 24.3 Å². The lowest BCUT2D eigenvalue weighted by Crippen LogP contribution is -2.40. The molecule has 0 N–H and O–H groups in total. The van der Waals surface area contributed by atoms with Crippen LogP contribution in [0, 0.1) is 0 Å². The molecule has 0 amide bonds. The maximum Gasteiger partial charge on any atom is 0.338 e. The fraction of sp³-hybridized carbons (Fsp3) is 0.195. The first-order chi connectivity index (χ1) is 25.3. The molecule has 5 aromatic rings. The van der Waals surface area contributed by atoms with E-state index in [4.69, 9.17) is 47.1 Å². The monoisotopic (exact) mass is 754 g/mol. The van der Waals surface area contributed by atoms with Crippen LogP contribution in [0.15, 0.2) is 113 Å². The van der Waals surface area contributed by atoms with Gasteiger partial charge in [-0.25, -0.2) is 9.79 Å². The Labute approximate surface area is 315 Å². The van der Waals surface area contributed by atoms with Crippen molar-refractivity contribution in [2.45, 2.75) is 32.9 Å². The molecule has 0 aliphatic carbocycles. The summed E-state index contributed by atoms with van der Waals surface area (Å²) in [5.74, 6) is 0.933. The van der Waals surface area contributed by atoms with Crippen LogP contribution >= 0.6 is 34.5 Å². The summed E-state index contributed by atoms with van der Waals surface area (Å²) >= 11 is 14.2. The van der Waals surface area contributed by atoms with E-state index in [1.54, 1.807) is 37.3 Å². The minimum atomic E-state index is -0.961. The normalized spacial score (nSPS) is 14.0. The average Bonchev–Trinajstić information content (AvgIpc) is 3.45. The van der Waals surface area contributed by atoms with Gasteiger partial charge in [0.25, 0.3) is 5.56 Å². The lowest BCUT2D eigenvalue weighted by atomic mass is 9.92. The summed E-state index contributed by atoms with van der Waals surface area (Å²) in [5, 5.41) is 1.02. The number of thiazole rings is 1. The molecule has 0 fully saturated rings. The van der Waals surface area contributed by atoms with Crippen LogP contribution in [0.4, 0.5) is 0 Å². The predicted molar refractivity (Wildman–Crippen MR) is 206 cm³/mol. The number of allylic oxidation sites excluding steroid dienone is 1. The highest BCUT2D eigenvalue weighted by Gasteiger charge is 2.37. The molecule has 8 nitrogen and oxygen atoms in total. The van der Waals surface area contributed by atoms with Gasteiger partial charge in [0, 0.05) is 32.3 Å². The number of hydrogen-bond acceptors (Lipinski definition) is 8. The molecule has 2 heterocycles. The zero-order valence-corrected chi connectivity index (χ0v) is 31.2. The number of hydrogen-bond donors (Lipinski definition) is 0. The summed E-state index contributed by atoms with van der Waals surface area (Å²) in [6, 6.07) is 24.8. The number of benzene rings is 4. The lowest BCUT2D eigenvalue weighted by molar-refractivity contribution is -0.138. The van der Waals surface area contributed by atoms with E-state index >= 15 is 0 Å². The van der Waals surface area contributed by atoms with Crippen molar-refractivity contribution in [3.63, 3.8) is 0 Å². The van der Waals surface area contributed by atoms with Crippen LogP contribution in [-0.4, -0.2) is 30.9 Å². The van der Waals surface area contributed by atoms with Crippen molar-refractivity contribution in [1.82, 2.24) is 4.57 Å². The van der Waals surface area contributed by atoms with Crippen LogP contribution in [0.3, 0.4) is 0 Å². The Morgan fingerprint density at radius 3 is 2.42 bits per heavy atom. The molecule has 0 bridgehead atoms. The fourth-order valence-electron chi connectivity index (χ4n) is 6.07. The molecule has 11 heteroatoms. The first kappa shape index (κ1) is 36.7. The molecule has 4 aromatic carbocycles. The van der Waals surface area contributed by atoms with Gasteiger partial charge < -0.3 is 18.9 Å². The molecule has 52 heavy (non-hydrogen) atoms. The Bertz CT molecular complexity index is 2350. The average molecular weight is 756 g/mol. The van der Waals surface area contributed by atoms with E-state index in [0.717, 1.165) is 11.1 Å². The number of aromatic nitrogens is 1. The van der Waals surface area contributed by atoms with Gasteiger partial charge in [-0.3, -0.25) is 9.36 Å². The second kappa shape index (κ2) is 16.5. The third-order valence-corrected chi connectivity index (χ3v) is 9.89. The van der Waals surface area contributed by atoms with Crippen molar-refractivity contribution < 1.29 is 23.7 Å². The summed E-state index contributed by atoms with van der Waals surface area (Å²) in [6.07, 6.45) is 4.06. The maximum atomic E-state index is 14.6. The number of rotatable bonds is 13. The Morgan fingerprint density at radius 1 is 0.942 bits per heavy atom. The standard InChI is InChI=1S/C41H36Cl2N2O6S/c1-5-13-27-20-25(21-33(49-6-2)38(27)51-24-28-16-11-12-17-31(28)43)22-34-39(46)45-37(30-23-29(42)18-19-32(30)48-4)35(40(47)50-7-3)36(44-41(45)52-34)26-14-9-8-10-15-26/h5,8-12,14-23,37H,1,6-7,13,24H2,2-4H3/b34-22-/t37-/m1/s1. The molecule has 0 spiro atoms. The molecule has 6 rings (SSSR count). The van der Waals surface area contributed by atoms with Crippen molar-refractivity contribution >= 4 is 52.3 Å². The zero-order chi connectivity index (χ0) is 36.8. The first-order valence-corrected chi connectivity index (χ1v) is 18.2. The van der Waals surface area contributed by atoms with Crippen LogP contribution in [0.25, 0.3) is 11.8 Å². The van der Waals surface area contributed by atoms with Gasteiger partial charge in [-0.15, -0.1) is 6.58 Å². The third-order valence-electron chi connectivity index (χ3n) is 8.31. The minimum absolute atomic E-state index is 0.127. The van der Waals surface area contributed by atoms with E-state index in [1.165, 1.54) is 23.0 Å². The van der Waals surface area contributed by atoms with Crippen LogP contribution in [0.5, 0.6) is 17.2 Å². The topological polar surface area (TPSA) is 88.4 Å². The number of ether oxygens (including phenoxy) is 4. The molecule has 0 radical (unpaired) electrons. The van der Waals surface area contributed by atoms with E-state index in [1.807, 2.05) is 73.7 Å². The van der Waals surface area contributed by atoms with E-state index in [0.29, 0.717) is 72.0 Å². The van der Waals surface area contributed by atoms with Crippen molar-refractivity contribution in [1.29, 1.82) is 0 Å². The summed E-state index contributed by atoms with van der Waals surface area (Å²) in [4.78, 5) is 33.8. The molecule has 0 saturated carbocycles. The number of carbonyl (C=O) groups excluding carboxylic acids is 1. The molecule has 1 aliphatic heterocycles. The number of carbonyl (C=O) groups is 1. The van der Waals surface area contributed by atoms with Gasteiger partial charge in [-0.1, -0.05) is 89.1 Å². The Balaban J connectivity index is 1.57. The number of methoxy groups -OCH3 is 1. The van der Waals surface area contributed by atoms with Gasteiger partial charge >= 0.3 is 5.97 Å². The maximum absolute atomic E-state index is 14.6. The Kier molecular flexibility index (Phi) is 11.6. The second-order valence-corrected chi connectivity index (χ2v) is 13.5. The smallest absolute Gasteiger partial charge is 0.338 e. The van der Waals surface area contributed by atoms with E-state index in [9.17, 15) is 9.59 Å². The van der Waals surface area contributed by atoms with Crippen LogP contribution in [-0.2, 0) is 22.6 Å². The second-order valence-electron chi connectivity index (χ2n) is 11.6. The van der Waals surface area contributed by atoms with Crippen molar-refractivity contribution in [2.75, 3.05) is 20.3 Å². The number of nitrogens with zero attached hydrogens (tertiary/aromatic N) is 2. The summed E-state index contributed by atoms with van der Waals surface area (Å²) in [5.41, 5.74) is 3.81. The molecule has 0 saturated heterocycles. The highest BCUT2D eigenvalue weighted by Crippen LogP contribution is 2.40. The van der Waals surface area contributed by atoms with E-state index in [2.05, 4.69) is 6.58 Å². The Morgan fingerprint density at radius 2 is 1.71 bits per heavy atom. The third kappa shape index (κ3) is 7.58. The molecule has 1 atom stereocenters. The molecule has 0 unspecified atom stereocenters. The van der Waals surface area contributed by atoms with Crippen molar-refractivity contribution in [3.05, 3.63) is 161 Å². The van der Waals surface area contributed by atoms with Crippen LogP contribution in [0.1, 0.15) is 47.7 Å². The van der Waals surface area contributed by atoms with Crippen LogP contribution in [0.2, 0.25) is 10.0 Å². The first-order valence-electron chi connectivity index (χ1n) is 16.7. The highest BCUT2D eigenvalue weighted by molar-refractivity contribution is 7.07. The van der Waals surface area contributed by atoms with Crippen LogP contribution < -0.4 is 29.1 Å². The molecular formula is C41H36Cl2N2O6S. The Hall–Kier alpha value is -5.09. The van der Waals surface area contributed by atoms with Gasteiger partial charge in [-0.2, -0.15) is 0 Å². The SMILES string of the molecule is C=CCc1cc(/C=c2\sc3n(c2=O)[C@H](c2cc(Cl)ccc2OC)C(C(=O)OCC)=C(c2ccccc2)N=3)cc(OCC)c1OCc1ccccc1Cl. The lowest BCUT2D eigenvalue weighted by Gasteiger charge is -2.27. The molecule has 1 aromatic heterocycles. The van der Waals surface area contributed by atoms with Crippen molar-refractivity contribution in [2.24, 2.45) is 4.99 Å². The fourth-order valence-corrected chi connectivity index (χ4v) is 7.44. The summed E-state index contributed by atoms with van der Waals surface area (Å²) in [6.45, 7) is 8.33. The zero-order valence-electron chi connectivity index (χ0n) is 28.9. The minimum Gasteiger partial charge on any atom is -0.496 e. The van der Waals surface area contributed by atoms with Gasteiger partial charge in [0.05, 0.1) is 36.1 Å². The van der Waals surface area contributed by atoms with E-state index < -0.39 is 12.0 Å². The van der Waals surface area contributed by atoms with Gasteiger partial charge in [0.15, 0.2) is 16.3 Å². The summed E-state index contributed by atoms with van der Waals surface area (Å²) < 4.78 is 25.6. The van der Waals surface area contributed by atoms with Crippen molar-refractivity contribution in [3.8, 4) is 17.2 Å². The quantitative estimate of drug-likeness (QED) is 0.0896. The molecule has 266 valence electrons. The summed E-state index contributed by atoms with van der Waals surface area (Å²) in [7, 11) is 1.53. The largest absolute Gasteiger partial charge is 0.496 e. The highest BCUT2D eigenvalue weighted by atomic mass is 35.5. The predicted octanol–water partition coefficient (Wildman–Crippen LogP) is 7.96.